The summed E-state index contributed by atoms with van der Waals surface area (Å²) in [4.78, 5) is 0. The number of aryl methyl sites for hydroxylation is 1. The molecule has 1 atom stereocenters. The highest BCUT2D eigenvalue weighted by atomic mass is 32.2. The molecule has 2 heterocycles. The molecule has 0 bridgehead atoms. The molecule has 0 fully saturated rings. The van der Waals surface area contributed by atoms with Crippen LogP contribution in [0.5, 0.6) is 0 Å². The van der Waals surface area contributed by atoms with Crippen molar-refractivity contribution in [2.45, 2.75) is 25.9 Å². The summed E-state index contributed by atoms with van der Waals surface area (Å²) < 4.78 is 34.8. The fourth-order valence-corrected chi connectivity index (χ4v) is 3.66. The first-order chi connectivity index (χ1) is 10.4. The summed E-state index contributed by atoms with van der Waals surface area (Å²) >= 11 is 0. The summed E-state index contributed by atoms with van der Waals surface area (Å²) in [5.41, 5.74) is 1.67. The van der Waals surface area contributed by atoms with E-state index in [2.05, 4.69) is 16.9 Å². The van der Waals surface area contributed by atoms with Gasteiger partial charge in [-0.2, -0.15) is 17.0 Å². The second-order valence-corrected chi connectivity index (χ2v) is 7.49. The standard InChI is InChI=1S/C13H23N5O3S/c1-5-7-21-10-11-8-17(22(19,20)16(3)4)9-12-13(11)18(6-2)15-14-12/h5,11H,1,6-10H2,2-4H3. The third-order valence-corrected chi connectivity index (χ3v) is 5.48. The fraction of sp³-hybridized carbons (Fsp3) is 0.692. The van der Waals surface area contributed by atoms with E-state index < -0.39 is 10.2 Å². The highest BCUT2D eigenvalue weighted by molar-refractivity contribution is 7.86. The molecular weight excluding hydrogens is 306 g/mol. The second kappa shape index (κ2) is 6.86. The van der Waals surface area contributed by atoms with Gasteiger partial charge in [-0.25, -0.2) is 4.68 Å². The van der Waals surface area contributed by atoms with Crippen molar-refractivity contribution in [1.29, 1.82) is 0 Å². The lowest BCUT2D eigenvalue weighted by molar-refractivity contribution is 0.129. The number of ether oxygens (including phenoxy) is 1. The molecule has 0 N–H and O–H groups in total. The molecule has 0 aliphatic carbocycles. The number of fused-ring (bicyclic) bond motifs is 1. The van der Waals surface area contributed by atoms with Crippen molar-refractivity contribution >= 4 is 10.2 Å². The third kappa shape index (κ3) is 3.22. The monoisotopic (exact) mass is 329 g/mol. The van der Waals surface area contributed by atoms with Crippen molar-refractivity contribution in [1.82, 2.24) is 23.6 Å². The number of hydrogen-bond acceptors (Lipinski definition) is 5. The smallest absolute Gasteiger partial charge is 0.281 e. The van der Waals surface area contributed by atoms with Crippen molar-refractivity contribution in [2.75, 3.05) is 33.9 Å². The lowest BCUT2D eigenvalue weighted by atomic mass is 10.0. The van der Waals surface area contributed by atoms with Crippen LogP contribution in [0.1, 0.15) is 24.2 Å². The Kier molecular flexibility index (Phi) is 5.32. The molecule has 2 rings (SSSR count). The Morgan fingerprint density at radius 1 is 1.50 bits per heavy atom. The maximum atomic E-state index is 12.4. The van der Waals surface area contributed by atoms with Crippen molar-refractivity contribution in [2.24, 2.45) is 0 Å². The van der Waals surface area contributed by atoms with Crippen LogP contribution >= 0.6 is 0 Å². The predicted octanol–water partition coefficient (Wildman–Crippen LogP) is 0.206. The maximum Gasteiger partial charge on any atom is 0.281 e. The molecule has 0 spiro atoms. The van der Waals surface area contributed by atoms with E-state index in [1.807, 2.05) is 11.6 Å². The first kappa shape index (κ1) is 17.1. The molecular formula is C13H23N5O3S. The zero-order chi connectivity index (χ0) is 16.3. The molecule has 0 radical (unpaired) electrons. The minimum absolute atomic E-state index is 0.0895. The lowest BCUT2D eigenvalue weighted by Gasteiger charge is -2.33. The minimum atomic E-state index is -3.49. The minimum Gasteiger partial charge on any atom is -0.377 e. The van der Waals surface area contributed by atoms with E-state index in [0.717, 1.165) is 5.69 Å². The molecule has 0 saturated carbocycles. The average Bonchev–Trinajstić information content (AvgIpc) is 2.90. The van der Waals surface area contributed by atoms with Gasteiger partial charge in [-0.1, -0.05) is 11.3 Å². The molecule has 0 amide bonds. The van der Waals surface area contributed by atoms with Crippen molar-refractivity contribution < 1.29 is 13.2 Å². The summed E-state index contributed by atoms with van der Waals surface area (Å²) in [5.74, 6) is -0.0895. The molecule has 0 saturated heterocycles. The summed E-state index contributed by atoms with van der Waals surface area (Å²) in [5, 5.41) is 8.25. The predicted molar refractivity (Wildman–Crippen MR) is 82.5 cm³/mol. The van der Waals surface area contributed by atoms with Gasteiger partial charge in [0.05, 0.1) is 25.5 Å². The van der Waals surface area contributed by atoms with E-state index in [9.17, 15) is 8.42 Å². The molecule has 1 aliphatic rings. The van der Waals surface area contributed by atoms with Gasteiger partial charge in [0.25, 0.3) is 10.2 Å². The fourth-order valence-electron chi connectivity index (χ4n) is 2.54. The van der Waals surface area contributed by atoms with E-state index >= 15 is 0 Å². The highest BCUT2D eigenvalue weighted by Gasteiger charge is 2.36. The highest BCUT2D eigenvalue weighted by Crippen LogP contribution is 2.29. The van der Waals surface area contributed by atoms with Gasteiger partial charge < -0.3 is 4.74 Å². The first-order valence-electron chi connectivity index (χ1n) is 7.20. The Labute approximate surface area is 131 Å². The van der Waals surface area contributed by atoms with Crippen LogP contribution in [0.2, 0.25) is 0 Å². The molecule has 1 aromatic rings. The first-order valence-corrected chi connectivity index (χ1v) is 8.60. The molecule has 1 aliphatic heterocycles. The van der Waals surface area contributed by atoms with Crippen LogP contribution in [0.25, 0.3) is 0 Å². The van der Waals surface area contributed by atoms with Crippen LogP contribution in [-0.4, -0.2) is 65.9 Å². The van der Waals surface area contributed by atoms with E-state index in [1.165, 1.54) is 22.7 Å². The quantitative estimate of drug-likeness (QED) is 0.527. The van der Waals surface area contributed by atoms with Gasteiger partial charge in [-0.15, -0.1) is 11.7 Å². The van der Waals surface area contributed by atoms with E-state index in [1.54, 1.807) is 6.08 Å². The van der Waals surface area contributed by atoms with E-state index in [4.69, 9.17) is 4.74 Å². The lowest BCUT2D eigenvalue weighted by Crippen LogP contribution is -2.45. The van der Waals surface area contributed by atoms with Gasteiger partial charge in [0.15, 0.2) is 0 Å². The van der Waals surface area contributed by atoms with Crippen LogP contribution in [0.15, 0.2) is 12.7 Å². The van der Waals surface area contributed by atoms with E-state index in [-0.39, 0.29) is 12.5 Å². The largest absolute Gasteiger partial charge is 0.377 e. The van der Waals surface area contributed by atoms with Gasteiger partial charge in [0, 0.05) is 33.1 Å². The molecule has 124 valence electrons. The van der Waals surface area contributed by atoms with Crippen molar-refractivity contribution in [3.63, 3.8) is 0 Å². The van der Waals surface area contributed by atoms with Crippen LogP contribution in [0.4, 0.5) is 0 Å². The second-order valence-electron chi connectivity index (χ2n) is 5.34. The number of nitrogens with zero attached hydrogens (tertiary/aromatic N) is 5. The molecule has 8 nitrogen and oxygen atoms in total. The summed E-state index contributed by atoms with van der Waals surface area (Å²) in [6.07, 6.45) is 1.67. The van der Waals surface area contributed by atoms with Gasteiger partial charge in [0.1, 0.15) is 5.69 Å². The summed E-state index contributed by atoms with van der Waals surface area (Å²) in [6, 6.07) is 0. The molecule has 22 heavy (non-hydrogen) atoms. The van der Waals surface area contributed by atoms with Gasteiger partial charge >= 0.3 is 0 Å². The summed E-state index contributed by atoms with van der Waals surface area (Å²) in [6.45, 7) is 7.74. The Hall–Kier alpha value is -1.29. The van der Waals surface area contributed by atoms with E-state index in [0.29, 0.717) is 32.0 Å². The van der Waals surface area contributed by atoms with Gasteiger partial charge in [-0.3, -0.25) is 0 Å². The normalized spacial score (nSPS) is 19.4. The van der Waals surface area contributed by atoms with Gasteiger partial charge in [-0.05, 0) is 6.92 Å². The van der Waals surface area contributed by atoms with Crippen LogP contribution in [0, 0.1) is 0 Å². The topological polar surface area (TPSA) is 80.6 Å². The Morgan fingerprint density at radius 2 is 2.23 bits per heavy atom. The third-order valence-electron chi connectivity index (χ3n) is 3.63. The summed E-state index contributed by atoms with van der Waals surface area (Å²) in [7, 11) is -0.440. The molecule has 0 aromatic carbocycles. The van der Waals surface area contributed by atoms with Crippen LogP contribution in [-0.2, 0) is 28.0 Å². The zero-order valence-electron chi connectivity index (χ0n) is 13.3. The maximum absolute atomic E-state index is 12.4. The number of aromatic nitrogens is 3. The van der Waals surface area contributed by atoms with Crippen molar-refractivity contribution in [3.8, 4) is 0 Å². The number of hydrogen-bond donors (Lipinski definition) is 0. The van der Waals surface area contributed by atoms with Crippen LogP contribution < -0.4 is 0 Å². The molecule has 9 heteroatoms. The Balaban J connectivity index is 2.31. The SMILES string of the molecule is C=CCOCC1CN(S(=O)(=O)N(C)C)Cc2nnn(CC)c21. The Morgan fingerprint density at radius 3 is 2.82 bits per heavy atom. The van der Waals surface area contributed by atoms with Gasteiger partial charge in [0.2, 0.25) is 0 Å². The molecule has 1 aromatic heterocycles. The van der Waals surface area contributed by atoms with Crippen LogP contribution in [0.3, 0.4) is 0 Å². The zero-order valence-corrected chi connectivity index (χ0v) is 14.1. The average molecular weight is 329 g/mol. The van der Waals surface area contributed by atoms with Crippen molar-refractivity contribution in [3.05, 3.63) is 24.0 Å². The molecule has 1 unspecified atom stereocenters. The Bertz CT molecular complexity index is 626. The number of rotatable bonds is 7.